The number of carbonyl (C=O) groups excluding carboxylic acids is 1. The molecule has 0 saturated carbocycles. The Morgan fingerprint density at radius 3 is 2.66 bits per heavy atom. The van der Waals surface area contributed by atoms with Crippen molar-refractivity contribution in [3.8, 4) is 11.3 Å². The average Bonchev–Trinajstić information content (AvgIpc) is 3.18. The Kier molecular flexibility index (Phi) is 5.03. The van der Waals surface area contributed by atoms with Gasteiger partial charge in [0.05, 0.1) is 17.5 Å². The summed E-state index contributed by atoms with van der Waals surface area (Å²) in [5.41, 5.74) is 5.08. The summed E-state index contributed by atoms with van der Waals surface area (Å²) in [7, 11) is 0. The molecule has 0 aliphatic carbocycles. The van der Waals surface area contributed by atoms with Gasteiger partial charge in [0.1, 0.15) is 16.1 Å². The van der Waals surface area contributed by atoms with Crippen molar-refractivity contribution in [1.82, 2.24) is 14.5 Å². The number of fused-ring (bicyclic) bond motifs is 3. The Morgan fingerprint density at radius 2 is 1.84 bits per heavy atom. The van der Waals surface area contributed by atoms with Crippen molar-refractivity contribution in [2.45, 2.75) is 20.4 Å². The van der Waals surface area contributed by atoms with Crippen LogP contribution in [0.2, 0.25) is 0 Å². The Bertz CT molecular complexity index is 1540. The quantitative estimate of drug-likeness (QED) is 0.430. The molecule has 0 unspecified atom stereocenters. The largest absolute Gasteiger partial charge is 0.324 e. The van der Waals surface area contributed by atoms with Crippen molar-refractivity contribution in [2.24, 2.45) is 0 Å². The number of rotatable bonds is 4. The smallest absolute Gasteiger partial charge is 0.271 e. The number of aromatic nitrogens is 3. The van der Waals surface area contributed by atoms with Crippen LogP contribution in [0.1, 0.15) is 11.1 Å². The van der Waals surface area contributed by atoms with Crippen molar-refractivity contribution < 1.29 is 4.79 Å². The van der Waals surface area contributed by atoms with E-state index in [1.807, 2.05) is 74.5 Å². The normalized spacial score (nSPS) is 11.2. The molecule has 5 aromatic rings. The summed E-state index contributed by atoms with van der Waals surface area (Å²) in [6.07, 6.45) is 1.44. The number of anilines is 1. The van der Waals surface area contributed by atoms with Crippen LogP contribution in [0.25, 0.3) is 31.7 Å². The van der Waals surface area contributed by atoms with Gasteiger partial charge in [-0.15, -0.1) is 11.3 Å². The number of amides is 1. The second-order valence-corrected chi connectivity index (χ2v) is 8.67. The fourth-order valence-corrected chi connectivity index (χ4v) is 4.74. The number of thiophene rings is 1. The lowest BCUT2D eigenvalue weighted by Crippen LogP contribution is -2.27. The van der Waals surface area contributed by atoms with Gasteiger partial charge >= 0.3 is 0 Å². The highest BCUT2D eigenvalue weighted by molar-refractivity contribution is 7.25. The first-order chi connectivity index (χ1) is 15.5. The molecular formula is C25H20N4O2S. The molecule has 158 valence electrons. The minimum atomic E-state index is -0.271. The fourth-order valence-electron chi connectivity index (χ4n) is 3.66. The molecule has 0 bridgehead atoms. The number of carbonyl (C=O) groups is 1. The summed E-state index contributed by atoms with van der Waals surface area (Å²) in [6, 6.07) is 19.5. The minimum Gasteiger partial charge on any atom is -0.324 e. The Balaban J connectivity index is 1.48. The molecular weight excluding hydrogens is 420 g/mol. The first kappa shape index (κ1) is 20.1. The molecule has 0 aliphatic rings. The van der Waals surface area contributed by atoms with E-state index in [0.29, 0.717) is 10.2 Å². The molecule has 3 aromatic heterocycles. The van der Waals surface area contributed by atoms with Crippen LogP contribution in [-0.4, -0.2) is 20.4 Å². The predicted octanol–water partition coefficient (Wildman–Crippen LogP) is 4.93. The van der Waals surface area contributed by atoms with Gasteiger partial charge in [0.25, 0.3) is 5.56 Å². The molecule has 0 atom stereocenters. The van der Waals surface area contributed by atoms with E-state index in [9.17, 15) is 9.59 Å². The number of benzene rings is 2. The second kappa shape index (κ2) is 8.01. The predicted molar refractivity (Wildman–Crippen MR) is 129 cm³/mol. The van der Waals surface area contributed by atoms with E-state index in [0.717, 1.165) is 38.3 Å². The van der Waals surface area contributed by atoms with Crippen LogP contribution in [0.15, 0.2) is 71.8 Å². The van der Waals surface area contributed by atoms with Gasteiger partial charge in [0.2, 0.25) is 5.91 Å². The van der Waals surface area contributed by atoms with Gasteiger partial charge in [-0.25, -0.2) is 9.97 Å². The maximum atomic E-state index is 13.1. The topological polar surface area (TPSA) is 76.9 Å². The first-order valence-electron chi connectivity index (χ1n) is 10.2. The average molecular weight is 441 g/mol. The second-order valence-electron chi connectivity index (χ2n) is 7.67. The highest BCUT2D eigenvalue weighted by Crippen LogP contribution is 2.31. The van der Waals surface area contributed by atoms with Crippen molar-refractivity contribution >= 4 is 43.4 Å². The van der Waals surface area contributed by atoms with Crippen LogP contribution < -0.4 is 10.9 Å². The van der Waals surface area contributed by atoms with Crippen LogP contribution >= 0.6 is 11.3 Å². The Labute approximate surface area is 188 Å². The molecule has 3 heterocycles. The zero-order valence-electron chi connectivity index (χ0n) is 17.6. The number of hydrogen-bond donors (Lipinski definition) is 1. The lowest BCUT2D eigenvalue weighted by Gasteiger charge is -2.11. The number of nitrogens with one attached hydrogen (secondary N) is 1. The van der Waals surface area contributed by atoms with E-state index in [1.54, 1.807) is 0 Å². The molecule has 5 rings (SSSR count). The van der Waals surface area contributed by atoms with Gasteiger partial charge in [-0.1, -0.05) is 42.5 Å². The maximum Gasteiger partial charge on any atom is 0.271 e. The summed E-state index contributed by atoms with van der Waals surface area (Å²) >= 11 is 1.31. The van der Waals surface area contributed by atoms with Crippen molar-refractivity contribution in [3.63, 3.8) is 0 Å². The van der Waals surface area contributed by atoms with Crippen molar-refractivity contribution in [3.05, 3.63) is 88.5 Å². The van der Waals surface area contributed by atoms with Gasteiger partial charge in [-0.2, -0.15) is 0 Å². The van der Waals surface area contributed by atoms with Crippen LogP contribution in [-0.2, 0) is 11.3 Å². The number of nitrogens with zero attached hydrogens (tertiary/aromatic N) is 3. The van der Waals surface area contributed by atoms with Crippen LogP contribution in [0.5, 0.6) is 0 Å². The van der Waals surface area contributed by atoms with E-state index >= 15 is 0 Å². The molecule has 0 fully saturated rings. The lowest BCUT2D eigenvalue weighted by atomic mass is 10.1. The van der Waals surface area contributed by atoms with Crippen LogP contribution in [0.4, 0.5) is 5.69 Å². The molecule has 1 amide bonds. The zero-order chi connectivity index (χ0) is 22.2. The van der Waals surface area contributed by atoms with E-state index in [1.165, 1.54) is 22.2 Å². The molecule has 2 aromatic carbocycles. The standard InChI is InChI=1S/C25H20N4O2S/c1-15-7-6-10-19(16(15)2)27-21(30)13-29-14-26-22-18-11-12-20(17-8-4-3-5-9-17)28-24(18)32-23(22)25(29)31/h3-12,14H,13H2,1-2H3,(H,27,30). The number of aryl methyl sites for hydroxylation is 1. The third-order valence-electron chi connectivity index (χ3n) is 5.57. The summed E-state index contributed by atoms with van der Waals surface area (Å²) in [6.45, 7) is 3.84. The molecule has 7 heteroatoms. The summed E-state index contributed by atoms with van der Waals surface area (Å²) in [5.74, 6) is -0.271. The van der Waals surface area contributed by atoms with E-state index in [-0.39, 0.29) is 18.0 Å². The summed E-state index contributed by atoms with van der Waals surface area (Å²) in [4.78, 5) is 35.7. The van der Waals surface area contributed by atoms with Gasteiger partial charge in [-0.3, -0.25) is 14.2 Å². The molecule has 0 radical (unpaired) electrons. The van der Waals surface area contributed by atoms with Crippen molar-refractivity contribution in [1.29, 1.82) is 0 Å². The Morgan fingerprint density at radius 1 is 1.03 bits per heavy atom. The minimum absolute atomic E-state index is 0.105. The van der Waals surface area contributed by atoms with Gasteiger partial charge in [-0.05, 0) is 43.2 Å². The molecule has 0 aliphatic heterocycles. The zero-order valence-corrected chi connectivity index (χ0v) is 18.4. The van der Waals surface area contributed by atoms with Gasteiger partial charge in [0, 0.05) is 16.6 Å². The lowest BCUT2D eigenvalue weighted by molar-refractivity contribution is -0.116. The highest BCUT2D eigenvalue weighted by atomic mass is 32.1. The van der Waals surface area contributed by atoms with Gasteiger partial charge in [0.15, 0.2) is 0 Å². The highest BCUT2D eigenvalue weighted by Gasteiger charge is 2.15. The number of pyridine rings is 1. The molecule has 32 heavy (non-hydrogen) atoms. The summed E-state index contributed by atoms with van der Waals surface area (Å²) < 4.78 is 1.84. The van der Waals surface area contributed by atoms with Crippen LogP contribution in [0, 0.1) is 13.8 Å². The third kappa shape index (κ3) is 3.56. The maximum absolute atomic E-state index is 13.1. The molecule has 0 spiro atoms. The van der Waals surface area contributed by atoms with Crippen molar-refractivity contribution in [2.75, 3.05) is 5.32 Å². The Hall–Kier alpha value is -3.84. The summed E-state index contributed by atoms with van der Waals surface area (Å²) in [5, 5.41) is 3.73. The molecule has 1 N–H and O–H groups in total. The van der Waals surface area contributed by atoms with E-state index < -0.39 is 0 Å². The SMILES string of the molecule is Cc1cccc(NC(=O)Cn2cnc3c(sc4nc(-c5ccccc5)ccc43)c2=O)c1C. The monoisotopic (exact) mass is 440 g/mol. The van der Waals surface area contributed by atoms with Gasteiger partial charge < -0.3 is 5.32 Å². The van der Waals surface area contributed by atoms with E-state index in [2.05, 4.69) is 10.3 Å². The number of hydrogen-bond acceptors (Lipinski definition) is 5. The molecule has 0 saturated heterocycles. The molecule has 6 nitrogen and oxygen atoms in total. The fraction of sp³-hybridized carbons (Fsp3) is 0.120. The first-order valence-corrected chi connectivity index (χ1v) is 11.0. The van der Waals surface area contributed by atoms with Crippen LogP contribution in [0.3, 0.4) is 0 Å². The van der Waals surface area contributed by atoms with E-state index in [4.69, 9.17) is 4.98 Å². The third-order valence-corrected chi connectivity index (χ3v) is 6.65.